The zero-order valence-electron chi connectivity index (χ0n) is 8.29. The number of rotatable bonds is 3. The van der Waals surface area contributed by atoms with Crippen LogP contribution in [0.3, 0.4) is 0 Å². The highest BCUT2D eigenvalue weighted by molar-refractivity contribution is 5.50. The van der Waals surface area contributed by atoms with Crippen LogP contribution in [0.4, 0.5) is 0 Å². The zero-order valence-corrected chi connectivity index (χ0v) is 8.29. The molecule has 0 radical (unpaired) electrons. The second-order valence-electron chi connectivity index (χ2n) is 3.74. The highest BCUT2D eigenvalue weighted by Gasteiger charge is 2.44. The molecule has 76 valence electrons. The molecule has 1 aromatic rings. The average molecular weight is 193 g/mol. The van der Waals surface area contributed by atoms with Crippen molar-refractivity contribution >= 4 is 0 Å². The van der Waals surface area contributed by atoms with Gasteiger partial charge >= 0.3 is 0 Å². The van der Waals surface area contributed by atoms with Crippen LogP contribution in [0.2, 0.25) is 0 Å². The van der Waals surface area contributed by atoms with Crippen LogP contribution in [0, 0.1) is 0 Å². The Balaban J connectivity index is 2.43. The number of phenols is 1. The standard InChI is InChI=1S/C11H15NO2/c1-2-14-9-5-3-4-8(13)10(9)11(12)6-7-11/h3-5,13H,2,6-7,12H2,1H3. The molecular formula is C11H15NO2. The van der Waals surface area contributed by atoms with Gasteiger partial charge in [0.05, 0.1) is 12.2 Å². The van der Waals surface area contributed by atoms with Crippen molar-refractivity contribution in [2.24, 2.45) is 5.73 Å². The van der Waals surface area contributed by atoms with Gasteiger partial charge in [0.15, 0.2) is 0 Å². The maximum Gasteiger partial charge on any atom is 0.128 e. The van der Waals surface area contributed by atoms with Gasteiger partial charge in [-0.15, -0.1) is 0 Å². The number of ether oxygens (including phenoxy) is 1. The third-order valence-electron chi connectivity index (χ3n) is 2.59. The van der Waals surface area contributed by atoms with E-state index >= 15 is 0 Å². The summed E-state index contributed by atoms with van der Waals surface area (Å²) in [6.07, 6.45) is 1.84. The SMILES string of the molecule is CCOc1cccc(O)c1C1(N)CC1. The number of aromatic hydroxyl groups is 1. The van der Waals surface area contributed by atoms with E-state index in [1.807, 2.05) is 13.0 Å². The summed E-state index contributed by atoms with van der Waals surface area (Å²) < 4.78 is 5.44. The summed E-state index contributed by atoms with van der Waals surface area (Å²) in [4.78, 5) is 0. The predicted octanol–water partition coefficient (Wildman–Crippen LogP) is 1.74. The minimum atomic E-state index is -0.351. The second-order valence-corrected chi connectivity index (χ2v) is 3.74. The molecule has 3 heteroatoms. The van der Waals surface area contributed by atoms with E-state index in [0.717, 1.165) is 18.4 Å². The van der Waals surface area contributed by atoms with E-state index in [-0.39, 0.29) is 11.3 Å². The predicted molar refractivity (Wildman–Crippen MR) is 54.4 cm³/mol. The summed E-state index contributed by atoms with van der Waals surface area (Å²) in [6.45, 7) is 2.51. The Kier molecular flexibility index (Phi) is 2.11. The van der Waals surface area contributed by atoms with E-state index < -0.39 is 0 Å². The molecule has 1 aromatic carbocycles. The highest BCUT2D eigenvalue weighted by Crippen LogP contribution is 2.50. The van der Waals surface area contributed by atoms with Gasteiger partial charge in [-0.3, -0.25) is 0 Å². The molecule has 1 fully saturated rings. The minimum Gasteiger partial charge on any atom is -0.507 e. The van der Waals surface area contributed by atoms with Crippen molar-refractivity contribution in [1.82, 2.24) is 0 Å². The number of nitrogens with two attached hydrogens (primary N) is 1. The van der Waals surface area contributed by atoms with Crippen molar-refractivity contribution in [1.29, 1.82) is 0 Å². The first kappa shape index (κ1) is 9.34. The molecule has 0 unspecified atom stereocenters. The first-order valence-electron chi connectivity index (χ1n) is 4.91. The fraction of sp³-hybridized carbons (Fsp3) is 0.455. The third kappa shape index (κ3) is 1.44. The van der Waals surface area contributed by atoms with E-state index in [0.29, 0.717) is 12.4 Å². The van der Waals surface area contributed by atoms with Gasteiger partial charge in [0, 0.05) is 5.54 Å². The molecule has 0 spiro atoms. The smallest absolute Gasteiger partial charge is 0.128 e. The van der Waals surface area contributed by atoms with Gasteiger partial charge in [-0.1, -0.05) is 6.07 Å². The number of hydrogen-bond donors (Lipinski definition) is 2. The lowest BCUT2D eigenvalue weighted by atomic mass is 10.0. The summed E-state index contributed by atoms with van der Waals surface area (Å²) in [6, 6.07) is 5.28. The quantitative estimate of drug-likeness (QED) is 0.768. The van der Waals surface area contributed by atoms with Crippen molar-refractivity contribution in [3.63, 3.8) is 0 Å². The van der Waals surface area contributed by atoms with Crippen molar-refractivity contribution in [2.75, 3.05) is 6.61 Å². The molecule has 3 nitrogen and oxygen atoms in total. The highest BCUT2D eigenvalue weighted by atomic mass is 16.5. The van der Waals surface area contributed by atoms with Gasteiger partial charge in [0.1, 0.15) is 11.5 Å². The maximum absolute atomic E-state index is 9.73. The topological polar surface area (TPSA) is 55.5 Å². The molecule has 0 aromatic heterocycles. The van der Waals surface area contributed by atoms with Crippen LogP contribution in [0.5, 0.6) is 11.5 Å². The van der Waals surface area contributed by atoms with Gasteiger partial charge in [0.2, 0.25) is 0 Å². The molecule has 3 N–H and O–H groups in total. The number of benzene rings is 1. The summed E-state index contributed by atoms with van der Waals surface area (Å²) in [5, 5.41) is 9.73. The molecule has 0 atom stereocenters. The molecule has 0 amide bonds. The number of hydrogen-bond acceptors (Lipinski definition) is 3. The minimum absolute atomic E-state index is 0.246. The van der Waals surface area contributed by atoms with Gasteiger partial charge < -0.3 is 15.6 Å². The first-order valence-corrected chi connectivity index (χ1v) is 4.91. The molecule has 1 aliphatic rings. The lowest BCUT2D eigenvalue weighted by Crippen LogP contribution is -2.20. The second kappa shape index (κ2) is 3.17. The number of phenolic OH excluding ortho intramolecular Hbond substituents is 1. The Morgan fingerprint density at radius 3 is 2.79 bits per heavy atom. The monoisotopic (exact) mass is 193 g/mol. The normalized spacial score (nSPS) is 17.9. The summed E-state index contributed by atoms with van der Waals surface area (Å²) in [7, 11) is 0. The van der Waals surface area contributed by atoms with Crippen LogP contribution in [-0.4, -0.2) is 11.7 Å². The van der Waals surface area contributed by atoms with Crippen LogP contribution in [0.15, 0.2) is 18.2 Å². The lowest BCUT2D eigenvalue weighted by Gasteiger charge is -2.16. The molecule has 1 saturated carbocycles. The third-order valence-corrected chi connectivity index (χ3v) is 2.59. The van der Waals surface area contributed by atoms with Gasteiger partial charge in [0.25, 0.3) is 0 Å². The van der Waals surface area contributed by atoms with Gasteiger partial charge in [-0.2, -0.15) is 0 Å². The van der Waals surface area contributed by atoms with Crippen molar-refractivity contribution < 1.29 is 9.84 Å². The zero-order chi connectivity index (χ0) is 10.2. The maximum atomic E-state index is 9.73. The van der Waals surface area contributed by atoms with Gasteiger partial charge in [-0.05, 0) is 31.9 Å². The summed E-state index contributed by atoms with van der Waals surface area (Å²) in [5.41, 5.74) is 6.47. The first-order chi connectivity index (χ1) is 6.67. The van der Waals surface area contributed by atoms with E-state index in [4.69, 9.17) is 10.5 Å². The summed E-state index contributed by atoms with van der Waals surface area (Å²) in [5.74, 6) is 0.962. The van der Waals surface area contributed by atoms with Crippen molar-refractivity contribution in [3.05, 3.63) is 23.8 Å². The molecule has 0 saturated heterocycles. The molecule has 0 aliphatic heterocycles. The van der Waals surface area contributed by atoms with Gasteiger partial charge in [-0.25, -0.2) is 0 Å². The molecule has 1 aliphatic carbocycles. The molecule has 0 heterocycles. The molecular weight excluding hydrogens is 178 g/mol. The summed E-state index contributed by atoms with van der Waals surface area (Å²) >= 11 is 0. The fourth-order valence-corrected chi connectivity index (χ4v) is 1.68. The Hall–Kier alpha value is -1.22. The lowest BCUT2D eigenvalue weighted by molar-refractivity contribution is 0.328. The van der Waals surface area contributed by atoms with Crippen LogP contribution < -0.4 is 10.5 Å². The Morgan fingerprint density at radius 2 is 2.21 bits per heavy atom. The van der Waals surface area contributed by atoms with E-state index in [9.17, 15) is 5.11 Å². The van der Waals surface area contributed by atoms with E-state index in [1.165, 1.54) is 0 Å². The fourth-order valence-electron chi connectivity index (χ4n) is 1.68. The Bertz CT molecular complexity index is 345. The van der Waals surface area contributed by atoms with Crippen LogP contribution in [-0.2, 0) is 5.54 Å². The molecule has 0 bridgehead atoms. The molecule has 2 rings (SSSR count). The van der Waals surface area contributed by atoms with E-state index in [1.54, 1.807) is 12.1 Å². The van der Waals surface area contributed by atoms with E-state index in [2.05, 4.69) is 0 Å². The van der Waals surface area contributed by atoms with Crippen LogP contribution >= 0.6 is 0 Å². The molecule has 14 heavy (non-hydrogen) atoms. The Morgan fingerprint density at radius 1 is 1.50 bits per heavy atom. The van der Waals surface area contributed by atoms with Crippen LogP contribution in [0.25, 0.3) is 0 Å². The Labute approximate surface area is 83.5 Å². The van der Waals surface area contributed by atoms with Crippen molar-refractivity contribution in [3.8, 4) is 11.5 Å². The average Bonchev–Trinajstić information content (AvgIpc) is 2.85. The van der Waals surface area contributed by atoms with Crippen LogP contribution in [0.1, 0.15) is 25.3 Å². The van der Waals surface area contributed by atoms with Crippen molar-refractivity contribution in [2.45, 2.75) is 25.3 Å². The largest absolute Gasteiger partial charge is 0.507 e.